The van der Waals surface area contributed by atoms with Crippen molar-refractivity contribution in [2.75, 3.05) is 19.7 Å². The van der Waals surface area contributed by atoms with Gasteiger partial charge in [-0.3, -0.25) is 14.4 Å². The minimum absolute atomic E-state index is 0.278. The van der Waals surface area contributed by atoms with Gasteiger partial charge in [0.25, 0.3) is 0 Å². The largest absolute Gasteiger partial charge is 0.480 e. The first-order chi connectivity index (χ1) is 7.72. The molecule has 0 spiro atoms. The zero-order valence-electron chi connectivity index (χ0n) is 8.94. The zero-order chi connectivity index (χ0) is 14.4. The van der Waals surface area contributed by atoms with E-state index >= 15 is 0 Å². The molecule has 0 fully saturated rings. The van der Waals surface area contributed by atoms with Gasteiger partial charge < -0.3 is 37.6 Å². The highest BCUT2D eigenvalue weighted by Crippen LogP contribution is 1.71. The summed E-state index contributed by atoms with van der Waals surface area (Å²) < 4.78 is 0. The van der Waals surface area contributed by atoms with Gasteiger partial charge in [0, 0.05) is 0 Å². The highest BCUT2D eigenvalue weighted by atomic mass is 16.4. The van der Waals surface area contributed by atoms with Crippen molar-refractivity contribution in [2.24, 2.45) is 17.2 Å². The second-order valence-corrected chi connectivity index (χ2v) is 2.32. The van der Waals surface area contributed by atoms with Gasteiger partial charge in [0.2, 0.25) is 0 Å². The summed E-state index contributed by atoms with van der Waals surface area (Å²) in [6.45, 7) is -1.06. The smallest absolute Gasteiger partial charge is 0.322 e. The van der Waals surface area contributed by atoms with Crippen molar-refractivity contribution >= 4 is 17.9 Å². The van der Waals surface area contributed by atoms with E-state index in [1.807, 2.05) is 0 Å². The molecular weight excluding hydrogens is 238 g/mol. The third kappa shape index (κ3) is 31.4. The molecule has 0 aliphatic rings. The predicted molar refractivity (Wildman–Crippen MR) is 56.1 cm³/mol. The molecule has 10 nitrogen and oxygen atoms in total. The van der Waals surface area contributed by atoms with Gasteiger partial charge in [-0.2, -0.15) is 0 Å². The first-order valence-electron chi connectivity index (χ1n) is 4.15. The second-order valence-electron chi connectivity index (χ2n) is 2.32. The lowest BCUT2D eigenvalue weighted by atomic mass is 10.3. The Morgan fingerprint density at radius 3 is 1.18 bits per heavy atom. The van der Waals surface area contributed by atoms with Crippen molar-refractivity contribution in [1.82, 2.24) is 0 Å². The Balaban J connectivity index is -0.000000177. The van der Waals surface area contributed by atoms with E-state index in [1.165, 1.54) is 0 Å². The molecular formula is C7H17N3O7. The zero-order valence-corrected chi connectivity index (χ0v) is 8.94. The van der Waals surface area contributed by atoms with E-state index in [-0.39, 0.29) is 13.1 Å². The molecule has 0 heterocycles. The predicted octanol–water partition coefficient (Wildman–Crippen LogP) is -3.55. The van der Waals surface area contributed by atoms with Crippen LogP contribution in [0.2, 0.25) is 0 Å². The van der Waals surface area contributed by atoms with E-state index < -0.39 is 30.6 Å². The number of rotatable bonds is 4. The van der Waals surface area contributed by atoms with Crippen molar-refractivity contribution in [2.45, 2.75) is 6.04 Å². The van der Waals surface area contributed by atoms with Crippen LogP contribution < -0.4 is 17.2 Å². The Kier molecular flexibility index (Phi) is 17.3. The quantitative estimate of drug-likeness (QED) is 0.262. The summed E-state index contributed by atoms with van der Waals surface area (Å²) in [5.74, 6) is -3.11. The number of carboxylic acids is 3. The van der Waals surface area contributed by atoms with Crippen LogP contribution in [0.15, 0.2) is 0 Å². The lowest BCUT2D eigenvalue weighted by molar-refractivity contribution is -0.139. The average molecular weight is 255 g/mol. The van der Waals surface area contributed by atoms with Crippen molar-refractivity contribution in [3.8, 4) is 0 Å². The fourth-order valence-electron chi connectivity index (χ4n) is 0.0781. The molecule has 0 rings (SSSR count). The number of aliphatic carboxylic acids is 3. The Labute approximate surface area is 96.6 Å². The third-order valence-corrected chi connectivity index (χ3v) is 0.863. The van der Waals surface area contributed by atoms with E-state index in [9.17, 15) is 14.4 Å². The summed E-state index contributed by atoms with van der Waals surface area (Å²) in [7, 11) is 0. The number of hydrogen-bond acceptors (Lipinski definition) is 7. The van der Waals surface area contributed by atoms with Gasteiger partial charge in [0.15, 0.2) is 0 Å². The summed E-state index contributed by atoms with van der Waals surface area (Å²) in [6, 6.07) is -1.13. The minimum atomic E-state index is -1.18. The molecule has 0 aliphatic heterocycles. The van der Waals surface area contributed by atoms with Crippen LogP contribution in [0.25, 0.3) is 0 Å². The fraction of sp³-hybridized carbons (Fsp3) is 0.571. The van der Waals surface area contributed by atoms with E-state index in [2.05, 4.69) is 11.5 Å². The molecule has 0 aliphatic carbocycles. The van der Waals surface area contributed by atoms with Gasteiger partial charge in [-0.15, -0.1) is 0 Å². The fourth-order valence-corrected chi connectivity index (χ4v) is 0.0781. The third-order valence-electron chi connectivity index (χ3n) is 0.863. The van der Waals surface area contributed by atoms with Crippen molar-refractivity contribution in [3.05, 3.63) is 0 Å². The number of hydrogen-bond donors (Lipinski definition) is 7. The molecule has 10 N–H and O–H groups in total. The van der Waals surface area contributed by atoms with Crippen LogP contribution in [0.5, 0.6) is 0 Å². The molecule has 1 atom stereocenters. The van der Waals surface area contributed by atoms with Gasteiger partial charge in [0.1, 0.15) is 6.04 Å². The Morgan fingerprint density at radius 1 is 0.941 bits per heavy atom. The molecule has 17 heavy (non-hydrogen) atoms. The topological polar surface area (TPSA) is 210 Å². The van der Waals surface area contributed by atoms with Gasteiger partial charge >= 0.3 is 17.9 Å². The molecule has 0 aromatic carbocycles. The molecule has 0 bridgehead atoms. The Hall–Kier alpha value is -1.75. The summed E-state index contributed by atoms with van der Waals surface area (Å²) in [4.78, 5) is 28.1. The summed E-state index contributed by atoms with van der Waals surface area (Å²) >= 11 is 0. The lowest BCUT2D eigenvalue weighted by Crippen LogP contribution is -2.33. The van der Waals surface area contributed by atoms with Crippen molar-refractivity contribution in [3.63, 3.8) is 0 Å². The highest BCUT2D eigenvalue weighted by Gasteiger charge is 2.06. The maximum Gasteiger partial charge on any atom is 0.322 e. The van der Waals surface area contributed by atoms with Crippen LogP contribution in [-0.4, -0.2) is 64.1 Å². The normalized spacial score (nSPS) is 9.88. The van der Waals surface area contributed by atoms with Crippen molar-refractivity contribution in [1.29, 1.82) is 0 Å². The molecule has 0 aromatic heterocycles. The summed E-state index contributed by atoms with van der Waals surface area (Å²) in [6.07, 6.45) is 0. The highest BCUT2D eigenvalue weighted by molar-refractivity contribution is 5.73. The molecule has 0 unspecified atom stereocenters. The van der Waals surface area contributed by atoms with Crippen LogP contribution >= 0.6 is 0 Å². The number of carbonyl (C=O) groups is 3. The molecule has 0 radical (unpaired) electrons. The molecule has 0 amide bonds. The van der Waals surface area contributed by atoms with Gasteiger partial charge in [-0.25, -0.2) is 0 Å². The van der Waals surface area contributed by atoms with Crippen molar-refractivity contribution < 1.29 is 34.8 Å². The second kappa shape index (κ2) is 14.2. The van der Waals surface area contributed by atoms with Crippen LogP contribution in [0.4, 0.5) is 0 Å². The number of carboxylic acid groups (broad SMARTS) is 3. The van der Waals surface area contributed by atoms with E-state index in [4.69, 9.17) is 26.2 Å². The standard InChI is InChI=1S/C3H7NO3.2C2H5NO2/c4-2(1-5)3(6)7;2*3-1-2(4)5/h2,5H,1,4H2,(H,6,7);2*1,3H2,(H,4,5)/t2-;;/m0../s1. The number of aliphatic hydroxyl groups is 1. The molecule has 0 saturated carbocycles. The Morgan fingerprint density at radius 2 is 1.18 bits per heavy atom. The maximum atomic E-state index is 9.65. The summed E-state index contributed by atoms with van der Waals surface area (Å²) in [5, 5.41) is 31.1. The van der Waals surface area contributed by atoms with Gasteiger partial charge in [0.05, 0.1) is 19.7 Å². The van der Waals surface area contributed by atoms with Crippen LogP contribution in [-0.2, 0) is 14.4 Å². The first-order valence-corrected chi connectivity index (χ1v) is 4.15. The molecule has 10 heteroatoms. The lowest BCUT2D eigenvalue weighted by Gasteiger charge is -1.96. The van der Waals surface area contributed by atoms with Crippen LogP contribution in [0.3, 0.4) is 0 Å². The van der Waals surface area contributed by atoms with E-state index in [1.54, 1.807) is 0 Å². The van der Waals surface area contributed by atoms with Crippen LogP contribution in [0.1, 0.15) is 0 Å². The molecule has 0 aromatic rings. The first kappa shape index (κ1) is 20.6. The van der Waals surface area contributed by atoms with Crippen LogP contribution in [0, 0.1) is 0 Å². The number of aliphatic hydroxyl groups excluding tert-OH is 1. The van der Waals surface area contributed by atoms with E-state index in [0.29, 0.717) is 0 Å². The SMILES string of the molecule is NCC(=O)O.NCC(=O)O.N[C@@H](CO)C(=O)O. The summed E-state index contributed by atoms with van der Waals surface area (Å²) in [5.41, 5.74) is 13.9. The maximum absolute atomic E-state index is 9.65. The van der Waals surface area contributed by atoms with E-state index in [0.717, 1.165) is 0 Å². The van der Waals surface area contributed by atoms with Gasteiger partial charge in [-0.05, 0) is 0 Å². The average Bonchev–Trinajstić information content (AvgIpc) is 2.29. The molecule has 0 saturated heterocycles. The Bertz CT molecular complexity index is 220. The number of nitrogens with two attached hydrogens (primary N) is 3. The monoisotopic (exact) mass is 255 g/mol. The molecule has 102 valence electrons. The minimum Gasteiger partial charge on any atom is -0.480 e. The van der Waals surface area contributed by atoms with Gasteiger partial charge in [-0.1, -0.05) is 0 Å².